The van der Waals surface area contributed by atoms with Crippen molar-refractivity contribution < 1.29 is 13.9 Å². The van der Waals surface area contributed by atoms with Crippen LogP contribution in [0.15, 0.2) is 16.5 Å². The molecule has 1 fully saturated rings. The zero-order valence-electron chi connectivity index (χ0n) is 7.59. The molecule has 0 aromatic carbocycles. The first-order chi connectivity index (χ1) is 6.10. The largest absolute Gasteiger partial charge is 0.462 e. The van der Waals surface area contributed by atoms with Crippen molar-refractivity contribution in [1.82, 2.24) is 5.32 Å². The molecule has 70 valence electrons. The number of cyclic esters (lactones) is 1. The van der Waals surface area contributed by atoms with E-state index in [4.69, 9.17) is 9.15 Å². The number of rotatable bonds is 1. The average Bonchev–Trinajstić information content (AvgIpc) is 2.60. The average molecular weight is 181 g/mol. The van der Waals surface area contributed by atoms with E-state index in [0.29, 0.717) is 12.3 Å². The number of hydrogen-bond donors (Lipinski definition) is 1. The number of nitrogens with one attached hydrogen (secondary N) is 1. The minimum absolute atomic E-state index is 0.392. The molecule has 4 heteroatoms. The topological polar surface area (TPSA) is 51.5 Å². The lowest BCUT2D eigenvalue weighted by atomic mass is 10.1. The van der Waals surface area contributed by atoms with Crippen molar-refractivity contribution in [2.45, 2.75) is 19.4 Å². The van der Waals surface area contributed by atoms with Crippen LogP contribution in [0.5, 0.6) is 0 Å². The molecule has 2 rings (SSSR count). The molecule has 1 atom stereocenters. The van der Waals surface area contributed by atoms with Crippen LogP contribution in [0.2, 0.25) is 0 Å². The van der Waals surface area contributed by atoms with E-state index >= 15 is 0 Å². The molecule has 13 heavy (non-hydrogen) atoms. The number of carbonyl (C=O) groups is 1. The van der Waals surface area contributed by atoms with Crippen molar-refractivity contribution in [3.8, 4) is 0 Å². The van der Waals surface area contributed by atoms with Gasteiger partial charge >= 0.3 is 6.09 Å². The first-order valence-corrected chi connectivity index (χ1v) is 4.14. The standard InChI is InChI=1S/C9H11NO3/c1-6-3-4-7(12-6)9(2)5-10-8(11)13-9/h3-4H,5H2,1-2H3,(H,10,11). The Kier molecular flexibility index (Phi) is 1.58. The van der Waals surface area contributed by atoms with Crippen molar-refractivity contribution in [2.24, 2.45) is 0 Å². The van der Waals surface area contributed by atoms with Crippen molar-refractivity contribution >= 4 is 6.09 Å². The minimum Gasteiger partial charge on any atom is -0.462 e. The van der Waals surface area contributed by atoms with Crippen molar-refractivity contribution in [3.63, 3.8) is 0 Å². The molecule has 0 spiro atoms. The van der Waals surface area contributed by atoms with Gasteiger partial charge in [-0.2, -0.15) is 0 Å². The molecular formula is C9H11NO3. The van der Waals surface area contributed by atoms with E-state index < -0.39 is 11.7 Å². The number of furan rings is 1. The molecule has 1 aromatic rings. The fourth-order valence-corrected chi connectivity index (χ4v) is 1.37. The fourth-order valence-electron chi connectivity index (χ4n) is 1.37. The summed E-state index contributed by atoms with van der Waals surface area (Å²) in [5.74, 6) is 1.50. The van der Waals surface area contributed by atoms with Gasteiger partial charge in [-0.25, -0.2) is 4.79 Å². The maximum atomic E-state index is 10.9. The van der Waals surface area contributed by atoms with Gasteiger partial charge in [0.15, 0.2) is 5.60 Å². The molecular weight excluding hydrogens is 170 g/mol. The van der Waals surface area contributed by atoms with E-state index in [9.17, 15) is 4.79 Å². The van der Waals surface area contributed by atoms with E-state index in [-0.39, 0.29) is 0 Å². The molecule has 1 aliphatic heterocycles. The normalized spacial score (nSPS) is 27.1. The number of hydrogen-bond acceptors (Lipinski definition) is 3. The summed E-state index contributed by atoms with van der Waals surface area (Å²) in [7, 11) is 0. The summed E-state index contributed by atoms with van der Waals surface area (Å²) in [6.45, 7) is 4.14. The second kappa shape index (κ2) is 2.52. The smallest absolute Gasteiger partial charge is 0.408 e. The first kappa shape index (κ1) is 8.16. The summed E-state index contributed by atoms with van der Waals surface area (Å²) in [6.07, 6.45) is -0.392. The summed E-state index contributed by atoms with van der Waals surface area (Å²) < 4.78 is 10.5. The van der Waals surface area contributed by atoms with Crippen LogP contribution in [0.4, 0.5) is 4.79 Å². The number of amides is 1. The second-order valence-corrected chi connectivity index (χ2v) is 3.38. The van der Waals surface area contributed by atoms with Crippen LogP contribution in [-0.2, 0) is 10.3 Å². The minimum atomic E-state index is -0.647. The van der Waals surface area contributed by atoms with Crippen molar-refractivity contribution in [3.05, 3.63) is 23.7 Å². The highest BCUT2D eigenvalue weighted by Gasteiger charge is 2.39. The molecule has 0 radical (unpaired) electrons. The molecule has 2 heterocycles. The maximum absolute atomic E-state index is 10.9. The van der Waals surface area contributed by atoms with Gasteiger partial charge in [-0.3, -0.25) is 0 Å². The van der Waals surface area contributed by atoms with Crippen LogP contribution in [-0.4, -0.2) is 12.6 Å². The predicted molar refractivity (Wildman–Crippen MR) is 45.3 cm³/mol. The summed E-state index contributed by atoms with van der Waals surface area (Å²) in [5.41, 5.74) is -0.647. The predicted octanol–water partition coefficient (Wildman–Crippen LogP) is 1.54. The lowest BCUT2D eigenvalue weighted by molar-refractivity contribution is 0.0513. The van der Waals surface area contributed by atoms with Crippen molar-refractivity contribution in [1.29, 1.82) is 0 Å². The molecule has 0 saturated carbocycles. The SMILES string of the molecule is Cc1ccc(C2(C)CNC(=O)O2)o1. The summed E-state index contributed by atoms with van der Waals surface area (Å²) in [6, 6.07) is 3.68. The van der Waals surface area contributed by atoms with Crippen LogP contribution < -0.4 is 5.32 Å². The number of carbonyl (C=O) groups excluding carboxylic acids is 1. The van der Waals surface area contributed by atoms with E-state index in [0.717, 1.165) is 5.76 Å². The van der Waals surface area contributed by atoms with Crippen LogP contribution in [0.3, 0.4) is 0 Å². The Morgan fingerprint density at radius 1 is 1.54 bits per heavy atom. The van der Waals surface area contributed by atoms with Gasteiger partial charge in [0.2, 0.25) is 0 Å². The van der Waals surface area contributed by atoms with Crippen LogP contribution in [0.1, 0.15) is 18.4 Å². The van der Waals surface area contributed by atoms with Crippen LogP contribution >= 0.6 is 0 Å². The number of ether oxygens (including phenoxy) is 1. The Bertz CT molecular complexity index is 344. The van der Waals surface area contributed by atoms with Gasteiger partial charge in [0.25, 0.3) is 0 Å². The van der Waals surface area contributed by atoms with Gasteiger partial charge in [-0.15, -0.1) is 0 Å². The lowest BCUT2D eigenvalue weighted by Gasteiger charge is -2.17. The van der Waals surface area contributed by atoms with E-state index in [1.807, 2.05) is 26.0 Å². The Morgan fingerprint density at radius 2 is 2.31 bits per heavy atom. The molecule has 1 aromatic heterocycles. The maximum Gasteiger partial charge on any atom is 0.408 e. The molecule has 1 amide bonds. The third kappa shape index (κ3) is 1.28. The number of aryl methyl sites for hydroxylation is 1. The zero-order chi connectivity index (χ0) is 9.47. The van der Waals surface area contributed by atoms with Crippen LogP contribution in [0, 0.1) is 6.92 Å². The van der Waals surface area contributed by atoms with Gasteiger partial charge in [-0.05, 0) is 26.0 Å². The summed E-state index contributed by atoms with van der Waals surface area (Å²) in [5, 5.41) is 2.60. The molecule has 0 bridgehead atoms. The highest BCUT2D eigenvalue weighted by molar-refractivity contribution is 5.70. The highest BCUT2D eigenvalue weighted by Crippen LogP contribution is 2.29. The van der Waals surface area contributed by atoms with Crippen LogP contribution in [0.25, 0.3) is 0 Å². The third-order valence-corrected chi connectivity index (χ3v) is 2.15. The lowest BCUT2D eigenvalue weighted by Crippen LogP contribution is -2.25. The van der Waals surface area contributed by atoms with E-state index in [1.165, 1.54) is 0 Å². The van der Waals surface area contributed by atoms with E-state index in [1.54, 1.807) is 0 Å². The third-order valence-electron chi connectivity index (χ3n) is 2.15. The molecule has 4 nitrogen and oxygen atoms in total. The molecule has 1 N–H and O–H groups in total. The van der Waals surface area contributed by atoms with Crippen molar-refractivity contribution in [2.75, 3.05) is 6.54 Å². The molecule has 0 aliphatic carbocycles. The Balaban J connectivity index is 2.30. The Morgan fingerprint density at radius 3 is 2.77 bits per heavy atom. The molecule has 1 unspecified atom stereocenters. The second-order valence-electron chi connectivity index (χ2n) is 3.38. The van der Waals surface area contributed by atoms with Gasteiger partial charge in [0.1, 0.15) is 11.5 Å². The van der Waals surface area contributed by atoms with Gasteiger partial charge in [-0.1, -0.05) is 0 Å². The monoisotopic (exact) mass is 181 g/mol. The van der Waals surface area contributed by atoms with Gasteiger partial charge in [0, 0.05) is 0 Å². The highest BCUT2D eigenvalue weighted by atomic mass is 16.6. The summed E-state index contributed by atoms with van der Waals surface area (Å²) in [4.78, 5) is 10.9. The first-order valence-electron chi connectivity index (χ1n) is 4.14. The molecule has 1 aliphatic rings. The Labute approximate surface area is 75.9 Å². The van der Waals surface area contributed by atoms with E-state index in [2.05, 4.69) is 5.32 Å². The summed E-state index contributed by atoms with van der Waals surface area (Å²) >= 11 is 0. The zero-order valence-corrected chi connectivity index (χ0v) is 7.59. The number of alkyl carbamates (subject to hydrolysis) is 1. The fraction of sp³-hybridized carbons (Fsp3) is 0.444. The quantitative estimate of drug-likeness (QED) is 0.715. The Hall–Kier alpha value is -1.45. The molecule has 1 saturated heterocycles. The van der Waals surface area contributed by atoms with Gasteiger partial charge in [0.05, 0.1) is 6.54 Å². The van der Waals surface area contributed by atoms with Gasteiger partial charge < -0.3 is 14.5 Å².